The van der Waals surface area contributed by atoms with Gasteiger partial charge in [-0.05, 0) is 24.5 Å². The number of rotatable bonds is 5. The summed E-state index contributed by atoms with van der Waals surface area (Å²) < 4.78 is 0. The van der Waals surface area contributed by atoms with Crippen LogP contribution in [0.15, 0.2) is 29.4 Å². The van der Waals surface area contributed by atoms with Crippen LogP contribution in [-0.2, 0) is 0 Å². The van der Waals surface area contributed by atoms with Crippen LogP contribution in [0.5, 0.6) is 0 Å². The van der Waals surface area contributed by atoms with Crippen LogP contribution in [0, 0.1) is 16.0 Å². The molecule has 0 aliphatic rings. The van der Waals surface area contributed by atoms with Gasteiger partial charge in [0.1, 0.15) is 0 Å². The van der Waals surface area contributed by atoms with Crippen LogP contribution in [0.25, 0.3) is 0 Å². The number of hydrogen-bond acceptors (Lipinski definition) is 4. The molecule has 0 radical (unpaired) electrons. The van der Waals surface area contributed by atoms with Crippen LogP contribution < -0.4 is 5.43 Å². The van der Waals surface area contributed by atoms with E-state index >= 15 is 0 Å². The second kappa shape index (κ2) is 5.85. The first-order valence-electron chi connectivity index (χ1n) is 5.11. The molecule has 0 saturated heterocycles. The maximum Gasteiger partial charge on any atom is 0.269 e. The standard InChI is InChI=1S/C11H15N3O2/c1-9(2)7-8-12-13-10-3-5-11(6-4-10)14(15)16/h3-6,8-9,13H,7H2,1-2H3. The Labute approximate surface area is 94.3 Å². The first-order valence-corrected chi connectivity index (χ1v) is 5.11. The van der Waals surface area contributed by atoms with E-state index in [1.807, 2.05) is 0 Å². The third kappa shape index (κ3) is 4.08. The van der Waals surface area contributed by atoms with Gasteiger partial charge in [-0.3, -0.25) is 15.5 Å². The third-order valence-corrected chi connectivity index (χ3v) is 1.94. The van der Waals surface area contributed by atoms with E-state index in [4.69, 9.17) is 0 Å². The van der Waals surface area contributed by atoms with Crippen molar-refractivity contribution in [3.05, 3.63) is 34.4 Å². The van der Waals surface area contributed by atoms with E-state index < -0.39 is 4.92 Å². The molecule has 0 aromatic heterocycles. The largest absolute Gasteiger partial charge is 0.279 e. The van der Waals surface area contributed by atoms with Crippen LogP contribution in [-0.4, -0.2) is 11.1 Å². The summed E-state index contributed by atoms with van der Waals surface area (Å²) in [7, 11) is 0. The monoisotopic (exact) mass is 221 g/mol. The summed E-state index contributed by atoms with van der Waals surface area (Å²) in [4.78, 5) is 9.98. The van der Waals surface area contributed by atoms with E-state index in [9.17, 15) is 10.1 Å². The molecular formula is C11H15N3O2. The lowest BCUT2D eigenvalue weighted by Gasteiger charge is -2.00. The molecular weight excluding hydrogens is 206 g/mol. The molecule has 0 bridgehead atoms. The van der Waals surface area contributed by atoms with Crippen molar-refractivity contribution in [3.8, 4) is 0 Å². The van der Waals surface area contributed by atoms with Crippen molar-refractivity contribution < 1.29 is 4.92 Å². The lowest BCUT2D eigenvalue weighted by Crippen LogP contribution is -1.93. The zero-order valence-corrected chi connectivity index (χ0v) is 9.38. The van der Waals surface area contributed by atoms with Gasteiger partial charge < -0.3 is 0 Å². The summed E-state index contributed by atoms with van der Waals surface area (Å²) in [5.74, 6) is 0.572. The first kappa shape index (κ1) is 12.2. The number of anilines is 1. The van der Waals surface area contributed by atoms with Gasteiger partial charge in [-0.15, -0.1) is 0 Å². The van der Waals surface area contributed by atoms with Crippen molar-refractivity contribution in [2.24, 2.45) is 11.0 Å². The smallest absolute Gasteiger partial charge is 0.269 e. The highest BCUT2D eigenvalue weighted by Crippen LogP contribution is 2.15. The minimum atomic E-state index is -0.425. The molecule has 0 heterocycles. The molecule has 0 saturated carbocycles. The predicted octanol–water partition coefficient (Wildman–Crippen LogP) is 3.04. The van der Waals surface area contributed by atoms with Crippen LogP contribution in [0.2, 0.25) is 0 Å². The Morgan fingerprint density at radius 3 is 2.56 bits per heavy atom. The average molecular weight is 221 g/mol. The van der Waals surface area contributed by atoms with Crippen molar-refractivity contribution in [2.75, 3.05) is 5.43 Å². The number of nitrogens with one attached hydrogen (secondary N) is 1. The van der Waals surface area contributed by atoms with Gasteiger partial charge in [-0.25, -0.2) is 0 Å². The second-order valence-corrected chi connectivity index (χ2v) is 3.86. The Hall–Kier alpha value is -1.91. The molecule has 0 atom stereocenters. The fourth-order valence-electron chi connectivity index (χ4n) is 1.04. The Kier molecular flexibility index (Phi) is 4.44. The summed E-state index contributed by atoms with van der Waals surface area (Å²) in [6.07, 6.45) is 2.70. The maximum atomic E-state index is 10.4. The number of hydrogen-bond donors (Lipinski definition) is 1. The van der Waals surface area contributed by atoms with Crippen LogP contribution in [0.3, 0.4) is 0 Å². The molecule has 1 aromatic rings. The van der Waals surface area contributed by atoms with Gasteiger partial charge >= 0.3 is 0 Å². The van der Waals surface area contributed by atoms with Gasteiger partial charge in [0.05, 0.1) is 10.6 Å². The second-order valence-electron chi connectivity index (χ2n) is 3.86. The fourth-order valence-corrected chi connectivity index (χ4v) is 1.04. The number of nitro groups is 1. The van der Waals surface area contributed by atoms with Crippen LogP contribution >= 0.6 is 0 Å². The molecule has 5 nitrogen and oxygen atoms in total. The molecule has 0 aliphatic heterocycles. The summed E-state index contributed by atoms with van der Waals surface area (Å²) in [6.45, 7) is 4.22. The summed E-state index contributed by atoms with van der Waals surface area (Å²) in [5, 5.41) is 14.4. The molecule has 1 aromatic carbocycles. The van der Waals surface area contributed by atoms with Crippen molar-refractivity contribution >= 4 is 17.6 Å². The number of nitro benzene ring substituents is 1. The molecule has 1 N–H and O–H groups in total. The van der Waals surface area contributed by atoms with Crippen molar-refractivity contribution in [1.29, 1.82) is 0 Å². The van der Waals surface area contributed by atoms with Crippen molar-refractivity contribution in [1.82, 2.24) is 0 Å². The third-order valence-electron chi connectivity index (χ3n) is 1.94. The lowest BCUT2D eigenvalue weighted by atomic mass is 10.2. The molecule has 0 fully saturated rings. The highest BCUT2D eigenvalue weighted by molar-refractivity contribution is 5.60. The Morgan fingerprint density at radius 1 is 1.44 bits per heavy atom. The van der Waals surface area contributed by atoms with E-state index in [0.29, 0.717) is 5.92 Å². The number of non-ortho nitro benzene ring substituents is 1. The Morgan fingerprint density at radius 2 is 2.06 bits per heavy atom. The van der Waals surface area contributed by atoms with E-state index in [1.54, 1.807) is 18.3 Å². The number of nitrogens with zero attached hydrogens (tertiary/aromatic N) is 2. The minimum absolute atomic E-state index is 0.0803. The molecule has 1 rings (SSSR count). The van der Waals surface area contributed by atoms with Crippen LogP contribution in [0.1, 0.15) is 20.3 Å². The van der Waals surface area contributed by atoms with Gasteiger partial charge in [0, 0.05) is 18.3 Å². The highest BCUT2D eigenvalue weighted by atomic mass is 16.6. The minimum Gasteiger partial charge on any atom is -0.279 e. The lowest BCUT2D eigenvalue weighted by molar-refractivity contribution is -0.384. The topological polar surface area (TPSA) is 67.5 Å². The molecule has 0 aliphatic carbocycles. The van der Waals surface area contributed by atoms with Crippen molar-refractivity contribution in [2.45, 2.75) is 20.3 Å². The Balaban J connectivity index is 2.49. The van der Waals surface area contributed by atoms with Gasteiger partial charge in [0.2, 0.25) is 0 Å². The molecule has 0 amide bonds. The molecule has 0 unspecified atom stereocenters. The van der Waals surface area contributed by atoms with Gasteiger partial charge in [0.25, 0.3) is 5.69 Å². The van der Waals surface area contributed by atoms with E-state index in [-0.39, 0.29) is 5.69 Å². The molecule has 0 spiro atoms. The predicted molar refractivity (Wildman–Crippen MR) is 64.7 cm³/mol. The summed E-state index contributed by atoms with van der Waals surface area (Å²) in [6, 6.07) is 6.15. The fraction of sp³-hybridized carbons (Fsp3) is 0.364. The zero-order chi connectivity index (χ0) is 12.0. The molecule has 16 heavy (non-hydrogen) atoms. The quantitative estimate of drug-likeness (QED) is 0.472. The Bertz CT molecular complexity index is 371. The SMILES string of the molecule is CC(C)CC=NNc1ccc([N+](=O)[O-])cc1. The number of hydrazone groups is 1. The van der Waals surface area contributed by atoms with Gasteiger partial charge in [0.15, 0.2) is 0 Å². The normalized spacial score (nSPS) is 10.9. The van der Waals surface area contributed by atoms with E-state index in [2.05, 4.69) is 24.4 Å². The maximum absolute atomic E-state index is 10.4. The zero-order valence-electron chi connectivity index (χ0n) is 9.38. The van der Waals surface area contributed by atoms with E-state index in [1.165, 1.54) is 12.1 Å². The average Bonchev–Trinajstić information content (AvgIpc) is 2.25. The van der Waals surface area contributed by atoms with E-state index in [0.717, 1.165) is 12.1 Å². The highest BCUT2D eigenvalue weighted by Gasteiger charge is 2.02. The van der Waals surface area contributed by atoms with Gasteiger partial charge in [-0.2, -0.15) is 5.10 Å². The van der Waals surface area contributed by atoms with Gasteiger partial charge in [-0.1, -0.05) is 13.8 Å². The van der Waals surface area contributed by atoms with Crippen molar-refractivity contribution in [3.63, 3.8) is 0 Å². The molecule has 5 heteroatoms. The molecule has 86 valence electrons. The summed E-state index contributed by atoms with van der Waals surface area (Å²) >= 11 is 0. The first-order chi connectivity index (χ1) is 7.59. The van der Waals surface area contributed by atoms with Crippen LogP contribution in [0.4, 0.5) is 11.4 Å². The number of benzene rings is 1. The summed E-state index contributed by atoms with van der Waals surface area (Å²) in [5.41, 5.74) is 3.63.